The summed E-state index contributed by atoms with van der Waals surface area (Å²) in [5, 5.41) is 5.50. The van der Waals surface area contributed by atoms with Gasteiger partial charge in [-0.1, -0.05) is 0 Å². The smallest absolute Gasteiger partial charge is 0.252 e. The lowest BCUT2D eigenvalue weighted by Gasteiger charge is -2.03. The number of nitrogens with zero attached hydrogens (tertiary/aromatic N) is 1. The lowest BCUT2D eigenvalue weighted by Crippen LogP contribution is -2.30. The second-order valence-electron chi connectivity index (χ2n) is 2.75. The molecule has 0 saturated carbocycles. The van der Waals surface area contributed by atoms with E-state index in [9.17, 15) is 9.18 Å². The Morgan fingerprint density at radius 1 is 1.50 bits per heavy atom. The van der Waals surface area contributed by atoms with E-state index in [0.29, 0.717) is 13.1 Å². The number of amides is 1. The van der Waals surface area contributed by atoms with Gasteiger partial charge >= 0.3 is 0 Å². The highest BCUT2D eigenvalue weighted by atomic mass is 19.1. The quantitative estimate of drug-likeness (QED) is 0.676. The number of halogens is 1. The Balaban J connectivity index is 2.52. The van der Waals surface area contributed by atoms with Crippen LogP contribution in [-0.2, 0) is 0 Å². The molecule has 0 aliphatic heterocycles. The Hall–Kier alpha value is -1.49. The minimum atomic E-state index is -0.508. The lowest BCUT2D eigenvalue weighted by molar-refractivity contribution is 0.0953. The molecule has 1 heterocycles. The normalized spacial score (nSPS) is 9.86. The van der Waals surface area contributed by atoms with E-state index >= 15 is 0 Å². The van der Waals surface area contributed by atoms with E-state index in [1.807, 2.05) is 0 Å². The van der Waals surface area contributed by atoms with Gasteiger partial charge in [0.15, 0.2) is 0 Å². The third-order valence-corrected chi connectivity index (χ3v) is 1.63. The number of rotatable bonds is 4. The fourth-order valence-corrected chi connectivity index (χ4v) is 0.939. The minimum absolute atomic E-state index is 0.237. The van der Waals surface area contributed by atoms with Gasteiger partial charge in [-0.25, -0.2) is 4.39 Å². The fraction of sp³-hybridized carbons (Fsp3) is 0.333. The predicted molar refractivity (Wildman–Crippen MR) is 50.5 cm³/mol. The molecule has 1 aromatic rings. The Labute approximate surface area is 81.5 Å². The van der Waals surface area contributed by atoms with E-state index in [4.69, 9.17) is 0 Å². The number of hydrogen-bond acceptors (Lipinski definition) is 3. The maximum absolute atomic E-state index is 12.7. The van der Waals surface area contributed by atoms with E-state index < -0.39 is 5.82 Å². The molecule has 2 N–H and O–H groups in total. The number of pyridine rings is 1. The number of likely N-dealkylation sites (N-methyl/N-ethyl adjacent to an activating group) is 1. The Kier molecular flexibility index (Phi) is 4.00. The SMILES string of the molecule is CNCCNC(=O)c1cncc(F)c1. The molecule has 0 bridgehead atoms. The Bertz CT molecular complexity index is 317. The van der Waals surface area contributed by atoms with Crippen LogP contribution in [-0.4, -0.2) is 31.0 Å². The van der Waals surface area contributed by atoms with Crippen LogP contribution in [0.25, 0.3) is 0 Å². The molecule has 1 aromatic heterocycles. The molecule has 0 fully saturated rings. The van der Waals surface area contributed by atoms with Crippen molar-refractivity contribution < 1.29 is 9.18 Å². The lowest BCUT2D eigenvalue weighted by atomic mass is 10.2. The molecular formula is C9H12FN3O. The van der Waals surface area contributed by atoms with Gasteiger partial charge in [-0.05, 0) is 13.1 Å². The van der Waals surface area contributed by atoms with Crippen molar-refractivity contribution in [3.63, 3.8) is 0 Å². The topological polar surface area (TPSA) is 54.0 Å². The summed E-state index contributed by atoms with van der Waals surface area (Å²) in [4.78, 5) is 14.9. The van der Waals surface area contributed by atoms with Gasteiger partial charge in [-0.2, -0.15) is 0 Å². The molecule has 0 aromatic carbocycles. The van der Waals surface area contributed by atoms with Crippen molar-refractivity contribution in [2.24, 2.45) is 0 Å². The maximum Gasteiger partial charge on any atom is 0.252 e. The summed E-state index contributed by atoms with van der Waals surface area (Å²) in [5.41, 5.74) is 0.237. The summed E-state index contributed by atoms with van der Waals surface area (Å²) < 4.78 is 12.7. The first-order valence-electron chi connectivity index (χ1n) is 4.27. The zero-order valence-electron chi connectivity index (χ0n) is 7.88. The predicted octanol–water partition coefficient (Wildman–Crippen LogP) is 0.170. The average Bonchev–Trinajstić information content (AvgIpc) is 2.18. The van der Waals surface area contributed by atoms with Gasteiger partial charge in [-0.3, -0.25) is 9.78 Å². The van der Waals surface area contributed by atoms with Gasteiger partial charge in [0.2, 0.25) is 0 Å². The first-order valence-corrected chi connectivity index (χ1v) is 4.27. The number of aromatic nitrogens is 1. The van der Waals surface area contributed by atoms with Crippen molar-refractivity contribution in [3.8, 4) is 0 Å². The second-order valence-corrected chi connectivity index (χ2v) is 2.75. The van der Waals surface area contributed by atoms with Crippen LogP contribution in [0, 0.1) is 5.82 Å². The number of nitrogens with one attached hydrogen (secondary N) is 2. The molecule has 0 aliphatic rings. The maximum atomic E-state index is 12.7. The van der Waals surface area contributed by atoms with Crippen LogP contribution < -0.4 is 10.6 Å². The summed E-state index contributed by atoms with van der Waals surface area (Å²) in [5.74, 6) is -0.821. The van der Waals surface area contributed by atoms with Crippen molar-refractivity contribution in [1.82, 2.24) is 15.6 Å². The number of hydrogen-bond donors (Lipinski definition) is 2. The summed E-state index contributed by atoms with van der Waals surface area (Å²) >= 11 is 0. The third kappa shape index (κ3) is 3.10. The van der Waals surface area contributed by atoms with E-state index in [-0.39, 0.29) is 11.5 Å². The standard InChI is InChI=1S/C9H12FN3O/c1-11-2-3-13-9(14)7-4-8(10)6-12-5-7/h4-6,11H,2-3H2,1H3,(H,13,14). The number of carbonyl (C=O) groups excluding carboxylic acids is 1. The van der Waals surface area contributed by atoms with Crippen LogP contribution >= 0.6 is 0 Å². The van der Waals surface area contributed by atoms with E-state index in [2.05, 4.69) is 15.6 Å². The molecule has 76 valence electrons. The molecule has 0 atom stereocenters. The molecule has 1 amide bonds. The summed E-state index contributed by atoms with van der Waals surface area (Å²) in [7, 11) is 1.79. The van der Waals surface area contributed by atoms with Gasteiger partial charge in [-0.15, -0.1) is 0 Å². The molecule has 0 aliphatic carbocycles. The largest absolute Gasteiger partial charge is 0.351 e. The zero-order chi connectivity index (χ0) is 10.4. The van der Waals surface area contributed by atoms with Crippen LogP contribution in [0.15, 0.2) is 18.5 Å². The van der Waals surface area contributed by atoms with Crippen LogP contribution in [0.3, 0.4) is 0 Å². The van der Waals surface area contributed by atoms with Gasteiger partial charge in [0.1, 0.15) is 5.82 Å². The Morgan fingerprint density at radius 2 is 2.29 bits per heavy atom. The van der Waals surface area contributed by atoms with Crippen LogP contribution in [0.2, 0.25) is 0 Å². The molecule has 0 radical (unpaired) electrons. The van der Waals surface area contributed by atoms with Crippen molar-refractivity contribution in [2.45, 2.75) is 0 Å². The average molecular weight is 197 g/mol. The third-order valence-electron chi connectivity index (χ3n) is 1.63. The van der Waals surface area contributed by atoms with Crippen molar-refractivity contribution in [3.05, 3.63) is 29.8 Å². The van der Waals surface area contributed by atoms with Gasteiger partial charge in [0.25, 0.3) is 5.91 Å². The fourth-order valence-electron chi connectivity index (χ4n) is 0.939. The Morgan fingerprint density at radius 3 is 2.93 bits per heavy atom. The van der Waals surface area contributed by atoms with Gasteiger partial charge in [0, 0.05) is 19.3 Å². The van der Waals surface area contributed by atoms with E-state index in [1.54, 1.807) is 7.05 Å². The van der Waals surface area contributed by atoms with E-state index in [1.165, 1.54) is 6.20 Å². The molecule has 5 heteroatoms. The minimum Gasteiger partial charge on any atom is -0.351 e. The second kappa shape index (κ2) is 5.29. The van der Waals surface area contributed by atoms with Crippen molar-refractivity contribution in [1.29, 1.82) is 0 Å². The van der Waals surface area contributed by atoms with E-state index in [0.717, 1.165) is 12.3 Å². The molecule has 1 rings (SSSR count). The first-order chi connectivity index (χ1) is 6.74. The van der Waals surface area contributed by atoms with Crippen LogP contribution in [0.1, 0.15) is 10.4 Å². The van der Waals surface area contributed by atoms with Gasteiger partial charge < -0.3 is 10.6 Å². The summed E-state index contributed by atoms with van der Waals surface area (Å²) in [6.45, 7) is 1.18. The van der Waals surface area contributed by atoms with Crippen molar-refractivity contribution >= 4 is 5.91 Å². The highest BCUT2D eigenvalue weighted by Gasteiger charge is 2.05. The molecule has 0 spiro atoms. The van der Waals surface area contributed by atoms with Gasteiger partial charge in [0.05, 0.1) is 11.8 Å². The zero-order valence-corrected chi connectivity index (χ0v) is 7.88. The first kappa shape index (κ1) is 10.6. The summed E-state index contributed by atoms with van der Waals surface area (Å²) in [6, 6.07) is 1.15. The molecule has 14 heavy (non-hydrogen) atoms. The van der Waals surface area contributed by atoms with Crippen LogP contribution in [0.5, 0.6) is 0 Å². The monoisotopic (exact) mass is 197 g/mol. The molecule has 0 unspecified atom stereocenters. The van der Waals surface area contributed by atoms with Crippen molar-refractivity contribution in [2.75, 3.05) is 20.1 Å². The molecular weight excluding hydrogens is 185 g/mol. The summed E-state index contributed by atoms with van der Waals surface area (Å²) in [6.07, 6.45) is 2.39. The molecule has 0 saturated heterocycles. The highest BCUT2D eigenvalue weighted by Crippen LogP contribution is 1.99. The number of carbonyl (C=O) groups is 1. The highest BCUT2D eigenvalue weighted by molar-refractivity contribution is 5.93. The molecule has 4 nitrogen and oxygen atoms in total. The van der Waals surface area contributed by atoms with Crippen LogP contribution in [0.4, 0.5) is 4.39 Å².